The Morgan fingerprint density at radius 1 is 1.27 bits per heavy atom. The van der Waals surface area contributed by atoms with Crippen LogP contribution in [0.15, 0.2) is 12.1 Å². The van der Waals surface area contributed by atoms with Crippen LogP contribution in [0.4, 0.5) is 0 Å². The van der Waals surface area contributed by atoms with Crippen molar-refractivity contribution in [3.8, 4) is 5.75 Å². The summed E-state index contributed by atoms with van der Waals surface area (Å²) in [4.78, 5) is 0. The third kappa shape index (κ3) is 1.75. The minimum absolute atomic E-state index is 0.0308. The van der Waals surface area contributed by atoms with Gasteiger partial charge in [0.1, 0.15) is 5.75 Å². The van der Waals surface area contributed by atoms with Gasteiger partial charge < -0.3 is 14.6 Å². The van der Waals surface area contributed by atoms with Crippen LogP contribution in [-0.2, 0) is 10.5 Å². The first kappa shape index (κ1) is 14.5. The van der Waals surface area contributed by atoms with Gasteiger partial charge in [0, 0.05) is 11.5 Å². The van der Waals surface area contributed by atoms with Gasteiger partial charge in [-0.2, -0.15) is 0 Å². The molecule has 4 rings (SSSR count). The molecule has 22 heavy (non-hydrogen) atoms. The average Bonchev–Trinajstić information content (AvgIpc) is 2.68. The van der Waals surface area contributed by atoms with Crippen molar-refractivity contribution in [2.75, 3.05) is 7.11 Å². The van der Waals surface area contributed by atoms with Crippen molar-refractivity contribution in [1.29, 1.82) is 0 Å². The smallest absolute Gasteiger partial charge is 0.196 e. The molecule has 3 aliphatic rings. The van der Waals surface area contributed by atoms with E-state index in [1.165, 1.54) is 18.4 Å². The second-order valence-corrected chi connectivity index (χ2v) is 8.04. The van der Waals surface area contributed by atoms with Crippen molar-refractivity contribution in [1.82, 2.24) is 0 Å². The first-order valence-corrected chi connectivity index (χ1v) is 8.46. The van der Waals surface area contributed by atoms with Crippen molar-refractivity contribution in [2.24, 2.45) is 17.3 Å². The van der Waals surface area contributed by atoms with E-state index >= 15 is 0 Å². The van der Waals surface area contributed by atoms with Crippen LogP contribution < -0.4 is 4.74 Å². The van der Waals surface area contributed by atoms with E-state index in [-0.39, 0.29) is 17.4 Å². The Balaban J connectivity index is 1.86. The maximum atomic E-state index is 11.4. The van der Waals surface area contributed by atoms with Gasteiger partial charge in [0.25, 0.3) is 0 Å². The Bertz CT molecular complexity index is 621. The van der Waals surface area contributed by atoms with Gasteiger partial charge in [-0.25, -0.2) is 0 Å². The predicted octanol–water partition coefficient (Wildman–Crippen LogP) is 4.07. The zero-order valence-electron chi connectivity index (χ0n) is 14.0. The van der Waals surface area contributed by atoms with Crippen molar-refractivity contribution >= 4 is 0 Å². The molecule has 2 bridgehead atoms. The molecule has 0 amide bonds. The van der Waals surface area contributed by atoms with E-state index in [4.69, 9.17) is 9.47 Å². The van der Waals surface area contributed by atoms with Gasteiger partial charge in [0.2, 0.25) is 0 Å². The van der Waals surface area contributed by atoms with Gasteiger partial charge in [-0.15, -0.1) is 0 Å². The number of aryl methyl sites for hydroxylation is 1. The summed E-state index contributed by atoms with van der Waals surface area (Å²) in [5.74, 6) is 0.432. The maximum absolute atomic E-state index is 11.4. The summed E-state index contributed by atoms with van der Waals surface area (Å²) in [6, 6.07) is 4.16. The van der Waals surface area contributed by atoms with Crippen LogP contribution in [0.5, 0.6) is 5.75 Å². The van der Waals surface area contributed by atoms with E-state index in [1.54, 1.807) is 7.11 Å². The summed E-state index contributed by atoms with van der Waals surface area (Å²) in [5, 5.41) is 11.4. The Morgan fingerprint density at radius 3 is 2.77 bits per heavy atom. The molecule has 120 valence electrons. The largest absolute Gasteiger partial charge is 0.496 e. The Labute approximate surface area is 132 Å². The standard InChI is InChI=1S/C19H26O3/c1-11-8-12-14(9-16(11)21-4)19(20)13-6-5-7-18(2,3)15(13)10-17(12)22-19/h8-9,13,15,17,20H,5-7,10H2,1-4H3/t13-,15+,17?,19?/m0/s1. The second kappa shape index (κ2) is 4.48. The van der Waals surface area contributed by atoms with Gasteiger partial charge in [-0.3, -0.25) is 0 Å². The maximum Gasteiger partial charge on any atom is 0.196 e. The molecule has 2 unspecified atom stereocenters. The molecule has 1 N–H and O–H groups in total. The van der Waals surface area contributed by atoms with Crippen molar-refractivity contribution < 1.29 is 14.6 Å². The average molecular weight is 302 g/mol. The molecular formula is C19H26O3. The first-order valence-electron chi connectivity index (χ1n) is 8.46. The van der Waals surface area contributed by atoms with Gasteiger partial charge >= 0.3 is 0 Å². The lowest BCUT2D eigenvalue weighted by Crippen LogP contribution is -2.49. The van der Waals surface area contributed by atoms with Crippen molar-refractivity contribution in [3.63, 3.8) is 0 Å². The Kier molecular flexibility index (Phi) is 2.96. The van der Waals surface area contributed by atoms with E-state index in [2.05, 4.69) is 26.8 Å². The minimum atomic E-state index is -1.12. The number of ether oxygens (including phenoxy) is 2. The number of fused-ring (bicyclic) bond motifs is 7. The fourth-order valence-electron chi connectivity index (χ4n) is 5.20. The van der Waals surface area contributed by atoms with Crippen LogP contribution in [0.1, 0.15) is 62.3 Å². The predicted molar refractivity (Wildman–Crippen MR) is 84.7 cm³/mol. The zero-order chi connectivity index (χ0) is 15.7. The van der Waals surface area contributed by atoms with Crippen LogP contribution in [0.3, 0.4) is 0 Å². The Morgan fingerprint density at radius 2 is 2.05 bits per heavy atom. The SMILES string of the molecule is COc1cc2c(cc1C)C1C[C@@H]3[C@H](CCCC3(C)C)C2(O)O1. The summed E-state index contributed by atoms with van der Waals surface area (Å²) in [7, 11) is 1.69. The van der Waals surface area contributed by atoms with Gasteiger partial charge in [-0.05, 0) is 60.8 Å². The third-order valence-electron chi connectivity index (χ3n) is 6.42. The second-order valence-electron chi connectivity index (χ2n) is 8.04. The molecular weight excluding hydrogens is 276 g/mol. The molecule has 0 radical (unpaired) electrons. The molecule has 1 aliphatic carbocycles. The molecule has 3 nitrogen and oxygen atoms in total. The van der Waals surface area contributed by atoms with E-state index < -0.39 is 5.79 Å². The van der Waals surface area contributed by atoms with E-state index in [0.29, 0.717) is 5.92 Å². The highest BCUT2D eigenvalue weighted by atomic mass is 16.6. The highest BCUT2D eigenvalue weighted by Gasteiger charge is 2.60. The normalized spacial score (nSPS) is 38.3. The summed E-state index contributed by atoms with van der Waals surface area (Å²) in [5.41, 5.74) is 3.51. The molecule has 1 aromatic rings. The number of benzene rings is 1. The fraction of sp³-hybridized carbons (Fsp3) is 0.684. The number of hydrogen-bond acceptors (Lipinski definition) is 3. The van der Waals surface area contributed by atoms with E-state index in [9.17, 15) is 5.11 Å². The number of aliphatic hydroxyl groups is 1. The first-order chi connectivity index (χ1) is 10.4. The topological polar surface area (TPSA) is 38.7 Å². The van der Waals surface area contributed by atoms with Crippen LogP contribution in [0.25, 0.3) is 0 Å². The summed E-state index contributed by atoms with van der Waals surface area (Å²) < 4.78 is 11.6. The molecule has 0 aromatic heterocycles. The Hall–Kier alpha value is -1.06. The summed E-state index contributed by atoms with van der Waals surface area (Å²) in [6.07, 6.45) is 4.52. The molecule has 2 heterocycles. The molecule has 3 heteroatoms. The van der Waals surface area contributed by atoms with Gasteiger partial charge in [-0.1, -0.05) is 20.3 Å². The van der Waals surface area contributed by atoms with Crippen LogP contribution in [0, 0.1) is 24.2 Å². The lowest BCUT2D eigenvalue weighted by molar-refractivity contribution is -0.309. The quantitative estimate of drug-likeness (QED) is 0.850. The molecule has 0 spiro atoms. The lowest BCUT2D eigenvalue weighted by Gasteiger charge is -2.52. The molecule has 2 fully saturated rings. The minimum Gasteiger partial charge on any atom is -0.496 e. The van der Waals surface area contributed by atoms with Crippen molar-refractivity contribution in [2.45, 2.75) is 58.3 Å². The summed E-state index contributed by atoms with van der Waals surface area (Å²) >= 11 is 0. The van der Waals surface area contributed by atoms with Crippen molar-refractivity contribution in [3.05, 3.63) is 28.8 Å². The van der Waals surface area contributed by atoms with E-state index in [1.807, 2.05) is 6.07 Å². The summed E-state index contributed by atoms with van der Waals surface area (Å²) in [6.45, 7) is 6.77. The highest BCUT2D eigenvalue weighted by Crippen LogP contribution is 2.63. The molecule has 1 saturated heterocycles. The van der Waals surface area contributed by atoms with Crippen LogP contribution >= 0.6 is 0 Å². The molecule has 2 aliphatic heterocycles. The lowest BCUT2D eigenvalue weighted by atomic mass is 9.59. The fourth-order valence-corrected chi connectivity index (χ4v) is 5.20. The number of hydrogen-bond donors (Lipinski definition) is 1. The highest BCUT2D eigenvalue weighted by molar-refractivity contribution is 5.48. The molecule has 1 saturated carbocycles. The van der Waals surface area contributed by atoms with Gasteiger partial charge in [0.05, 0.1) is 13.2 Å². The van der Waals surface area contributed by atoms with Crippen LogP contribution in [0.2, 0.25) is 0 Å². The monoisotopic (exact) mass is 302 g/mol. The van der Waals surface area contributed by atoms with Crippen LogP contribution in [-0.4, -0.2) is 12.2 Å². The molecule has 1 aromatic carbocycles. The number of methoxy groups -OCH3 is 1. The van der Waals surface area contributed by atoms with E-state index in [0.717, 1.165) is 29.7 Å². The zero-order valence-corrected chi connectivity index (χ0v) is 14.0. The number of rotatable bonds is 1. The molecule has 4 atom stereocenters. The third-order valence-corrected chi connectivity index (χ3v) is 6.42. The van der Waals surface area contributed by atoms with Gasteiger partial charge in [0.15, 0.2) is 5.79 Å².